The zero-order valence-corrected chi connectivity index (χ0v) is 27.6. The van der Waals surface area contributed by atoms with Crippen LogP contribution in [-0.4, -0.2) is 48.9 Å². The molecule has 240 valence electrons. The van der Waals surface area contributed by atoms with E-state index in [0.717, 1.165) is 59.8 Å². The normalized spacial score (nSPS) is 15.5. The largest absolute Gasteiger partial charge is 0.501 e. The molecule has 1 aliphatic heterocycles. The second kappa shape index (κ2) is 15.9. The van der Waals surface area contributed by atoms with Gasteiger partial charge in [0.05, 0.1) is 7.11 Å². The zero-order valence-electron chi connectivity index (χ0n) is 27.6. The van der Waals surface area contributed by atoms with Gasteiger partial charge < -0.3 is 19.7 Å². The summed E-state index contributed by atoms with van der Waals surface area (Å²) in [4.78, 5) is 28.1. The summed E-state index contributed by atoms with van der Waals surface area (Å²) in [7, 11) is 1.69. The lowest BCUT2D eigenvalue weighted by Gasteiger charge is -2.34. The number of aryl methyl sites for hydroxylation is 2. The highest BCUT2D eigenvalue weighted by Gasteiger charge is 2.22. The van der Waals surface area contributed by atoms with Gasteiger partial charge in [0.2, 0.25) is 0 Å². The predicted octanol–water partition coefficient (Wildman–Crippen LogP) is 9.04. The van der Waals surface area contributed by atoms with E-state index in [1.54, 1.807) is 7.11 Å². The second-order valence-corrected chi connectivity index (χ2v) is 12.9. The highest BCUT2D eigenvalue weighted by Crippen LogP contribution is 2.28. The van der Waals surface area contributed by atoms with Crippen LogP contribution in [0.25, 0.3) is 0 Å². The summed E-state index contributed by atoms with van der Waals surface area (Å²) in [6.45, 7) is 16.9. The van der Waals surface area contributed by atoms with E-state index in [-0.39, 0.29) is 27.5 Å². The topological polar surface area (TPSA) is 67.9 Å². The molecule has 6 nitrogen and oxygen atoms in total. The minimum absolute atomic E-state index is 0. The number of likely N-dealkylation sites (tertiary alicyclic amines) is 1. The first-order valence-electron chi connectivity index (χ1n) is 15.7. The van der Waals surface area contributed by atoms with Crippen molar-refractivity contribution in [3.05, 3.63) is 82.6 Å². The van der Waals surface area contributed by atoms with Crippen LogP contribution in [0.4, 0.5) is 5.69 Å². The Balaban J connectivity index is 0.00000675. The molecule has 0 atom stereocenters. The van der Waals surface area contributed by atoms with Crippen LogP contribution in [0.2, 0.25) is 0 Å². The smallest absolute Gasteiger partial charge is 0.255 e. The van der Waals surface area contributed by atoms with Crippen molar-refractivity contribution in [1.82, 2.24) is 4.90 Å². The summed E-state index contributed by atoms with van der Waals surface area (Å²) in [5.74, 6) is 1.83. The Labute approximate surface area is 264 Å². The monoisotopic (exact) mass is 594 g/mol. The van der Waals surface area contributed by atoms with E-state index in [1.165, 1.54) is 0 Å². The molecule has 3 rings (SSSR count). The number of hydrogen-bond acceptors (Lipinski definition) is 5. The first-order chi connectivity index (χ1) is 20.4. The maximum atomic E-state index is 13.0. The molecule has 1 heterocycles. The molecule has 1 aliphatic rings. The number of Topliss-reactive ketones (excluding diaryl/α,β-unsaturated/α-hetero) is 1. The molecule has 0 aromatic heterocycles. The summed E-state index contributed by atoms with van der Waals surface area (Å²) in [5, 5.41) is 3.00. The van der Waals surface area contributed by atoms with Gasteiger partial charge in [0.15, 0.2) is 0 Å². The van der Waals surface area contributed by atoms with Crippen LogP contribution >= 0.6 is 0 Å². The van der Waals surface area contributed by atoms with Crippen LogP contribution in [0.5, 0.6) is 5.75 Å². The Morgan fingerprint density at radius 3 is 2.28 bits per heavy atom. The number of hydrogen-bond donors (Lipinski definition) is 1. The van der Waals surface area contributed by atoms with Crippen LogP contribution in [0.1, 0.15) is 99.4 Å². The molecular formula is C37H58N2O4. The van der Waals surface area contributed by atoms with Gasteiger partial charge in [0.1, 0.15) is 23.4 Å². The first-order valence-corrected chi connectivity index (χ1v) is 15.7. The Morgan fingerprint density at radius 2 is 1.72 bits per heavy atom. The van der Waals surface area contributed by atoms with Gasteiger partial charge in [-0.3, -0.25) is 9.59 Å². The predicted molar refractivity (Wildman–Crippen MR) is 183 cm³/mol. The lowest BCUT2D eigenvalue weighted by Crippen LogP contribution is -2.41. The quantitative estimate of drug-likeness (QED) is 0.185. The van der Waals surface area contributed by atoms with Gasteiger partial charge in [0, 0.05) is 52.9 Å². The lowest BCUT2D eigenvalue weighted by atomic mass is 9.91. The van der Waals surface area contributed by atoms with Crippen LogP contribution in [0.15, 0.2) is 65.9 Å². The van der Waals surface area contributed by atoms with E-state index >= 15 is 0 Å². The SMILES string of the molecule is C/C=C(\C=C(/OC)C(C)(C)C)CCC(=O)CCc1ccc(NC(=O)c2ccc(OC3CCN(C(C)C)CC3)cc2C)cc1.[HH].[HH].[HH]. The molecule has 1 saturated heterocycles. The van der Waals surface area contributed by atoms with E-state index in [4.69, 9.17) is 9.47 Å². The average Bonchev–Trinajstić information content (AvgIpc) is 2.96. The fourth-order valence-electron chi connectivity index (χ4n) is 5.36. The minimum atomic E-state index is -0.144. The molecule has 2 aromatic carbocycles. The van der Waals surface area contributed by atoms with Crippen LogP contribution in [-0.2, 0) is 16.0 Å². The van der Waals surface area contributed by atoms with Crippen molar-refractivity contribution in [2.75, 3.05) is 25.5 Å². The third kappa shape index (κ3) is 10.7. The fourth-order valence-corrected chi connectivity index (χ4v) is 5.36. The molecule has 6 heteroatoms. The molecule has 0 unspecified atom stereocenters. The van der Waals surface area contributed by atoms with Gasteiger partial charge in [-0.25, -0.2) is 0 Å². The Hall–Kier alpha value is -3.38. The van der Waals surface area contributed by atoms with Gasteiger partial charge in [-0.05, 0) is 106 Å². The molecule has 1 amide bonds. The molecule has 0 bridgehead atoms. The Morgan fingerprint density at radius 1 is 1.05 bits per heavy atom. The van der Waals surface area contributed by atoms with Gasteiger partial charge in [0.25, 0.3) is 5.91 Å². The van der Waals surface area contributed by atoms with Crippen molar-refractivity contribution < 1.29 is 23.3 Å². The van der Waals surface area contributed by atoms with Crippen molar-refractivity contribution in [3.8, 4) is 5.75 Å². The maximum absolute atomic E-state index is 13.0. The van der Waals surface area contributed by atoms with E-state index in [2.05, 4.69) is 50.9 Å². The first kappa shape index (κ1) is 34.1. The summed E-state index contributed by atoms with van der Waals surface area (Å²) in [6.07, 6.45) is 8.74. The third-order valence-corrected chi connectivity index (χ3v) is 8.20. The standard InChI is InChI=1S/C37H52N2O4.3H2/c1-9-28(25-35(42-8)37(5,6)7)12-16-31(40)17-13-29-10-14-30(15-11-29)38-36(41)34-19-18-33(24-27(34)4)43-32-20-22-39(23-21-32)26(2)3;;;/h9-11,14-15,18-19,24-26,32H,12-13,16-17,20-23H2,1-8H3,(H,38,41);3*1H/b28-9-,35-25-;;;. The number of ketones is 1. The number of methoxy groups -OCH3 is 1. The van der Waals surface area contributed by atoms with E-state index in [0.29, 0.717) is 37.3 Å². The fraction of sp³-hybridized carbons (Fsp3) is 0.514. The van der Waals surface area contributed by atoms with E-state index in [1.807, 2.05) is 62.4 Å². The van der Waals surface area contributed by atoms with Gasteiger partial charge in [-0.2, -0.15) is 0 Å². The zero-order chi connectivity index (χ0) is 31.6. The third-order valence-electron chi connectivity index (χ3n) is 8.20. The van der Waals surface area contributed by atoms with Crippen molar-refractivity contribution in [3.63, 3.8) is 0 Å². The average molecular weight is 595 g/mol. The maximum Gasteiger partial charge on any atom is 0.255 e. The molecule has 1 N–H and O–H groups in total. The Bertz CT molecular complexity index is 1290. The number of ether oxygens (including phenoxy) is 2. The van der Waals surface area contributed by atoms with Crippen molar-refractivity contribution in [2.24, 2.45) is 5.41 Å². The molecule has 0 aliphatic carbocycles. The van der Waals surface area contributed by atoms with Crippen LogP contribution in [0, 0.1) is 12.3 Å². The number of nitrogens with one attached hydrogen (secondary N) is 1. The number of rotatable bonds is 13. The summed E-state index contributed by atoms with van der Waals surface area (Å²) < 4.78 is 11.8. The molecule has 0 radical (unpaired) electrons. The van der Waals surface area contributed by atoms with E-state index in [9.17, 15) is 9.59 Å². The molecule has 0 saturated carbocycles. The van der Waals surface area contributed by atoms with Crippen molar-refractivity contribution in [1.29, 1.82) is 0 Å². The molecule has 0 spiro atoms. The molecular weight excluding hydrogens is 536 g/mol. The highest BCUT2D eigenvalue weighted by molar-refractivity contribution is 6.05. The lowest BCUT2D eigenvalue weighted by molar-refractivity contribution is -0.119. The number of nitrogens with zero attached hydrogens (tertiary/aromatic N) is 1. The van der Waals surface area contributed by atoms with Crippen LogP contribution in [0.3, 0.4) is 0 Å². The van der Waals surface area contributed by atoms with Gasteiger partial charge in [-0.15, -0.1) is 0 Å². The number of carbonyl (C=O) groups excluding carboxylic acids is 2. The number of benzene rings is 2. The van der Waals surface area contributed by atoms with Crippen molar-refractivity contribution >= 4 is 17.4 Å². The van der Waals surface area contributed by atoms with E-state index < -0.39 is 0 Å². The number of allylic oxidation sites excluding steroid dienone is 4. The Kier molecular flexibility index (Phi) is 12.6. The van der Waals surface area contributed by atoms with Crippen molar-refractivity contribution in [2.45, 2.75) is 99.1 Å². The number of anilines is 1. The minimum Gasteiger partial charge on any atom is -0.501 e. The highest BCUT2D eigenvalue weighted by atomic mass is 16.5. The number of carbonyl (C=O) groups is 2. The molecule has 1 fully saturated rings. The van der Waals surface area contributed by atoms with Crippen LogP contribution < -0.4 is 10.1 Å². The summed E-state index contributed by atoms with van der Waals surface area (Å²) in [6, 6.07) is 14.0. The van der Waals surface area contributed by atoms with Gasteiger partial charge in [-0.1, -0.05) is 39.0 Å². The number of piperidine rings is 1. The second-order valence-electron chi connectivity index (χ2n) is 12.9. The molecule has 2 aromatic rings. The van der Waals surface area contributed by atoms with Gasteiger partial charge >= 0.3 is 0 Å². The molecule has 43 heavy (non-hydrogen) atoms. The summed E-state index contributed by atoms with van der Waals surface area (Å²) >= 11 is 0. The number of amides is 1. The summed E-state index contributed by atoms with van der Waals surface area (Å²) in [5.41, 5.74) is 4.35.